The molecule has 0 bridgehead atoms. The van der Waals surface area contributed by atoms with E-state index >= 15 is 0 Å². The molecule has 1 aliphatic heterocycles. The molecule has 0 aliphatic carbocycles. The van der Waals surface area contributed by atoms with Gasteiger partial charge in [-0.1, -0.05) is 45.0 Å². The van der Waals surface area contributed by atoms with E-state index < -0.39 is 5.60 Å². The highest BCUT2D eigenvalue weighted by molar-refractivity contribution is 5.91. The fourth-order valence-corrected chi connectivity index (χ4v) is 2.19. The van der Waals surface area contributed by atoms with Crippen LogP contribution in [0.3, 0.4) is 0 Å². The average molecular weight is 244 g/mol. The van der Waals surface area contributed by atoms with Crippen molar-refractivity contribution in [3.05, 3.63) is 47.7 Å². The van der Waals surface area contributed by atoms with Crippen LogP contribution in [0, 0.1) is 0 Å². The van der Waals surface area contributed by atoms with Crippen molar-refractivity contribution in [2.75, 3.05) is 0 Å². The zero-order valence-corrected chi connectivity index (χ0v) is 11.5. The minimum Gasteiger partial charge on any atom is -0.490 e. The molecule has 0 N–H and O–H groups in total. The van der Waals surface area contributed by atoms with E-state index in [1.165, 1.54) is 17.9 Å². The SMILES string of the molecule is CC(C)(C)c1ccc(C2(C)CC(=O)C=CO2)cc1. The Morgan fingerprint density at radius 2 is 1.78 bits per heavy atom. The predicted octanol–water partition coefficient (Wildman–Crippen LogP) is 3.70. The highest BCUT2D eigenvalue weighted by Gasteiger charge is 2.32. The Hall–Kier alpha value is -1.57. The van der Waals surface area contributed by atoms with Crippen LogP contribution in [0.4, 0.5) is 0 Å². The number of carbonyl (C=O) groups is 1. The first-order valence-corrected chi connectivity index (χ1v) is 6.29. The molecular weight excluding hydrogens is 224 g/mol. The van der Waals surface area contributed by atoms with Gasteiger partial charge in [-0.05, 0) is 23.5 Å². The molecule has 2 heteroatoms. The van der Waals surface area contributed by atoms with Gasteiger partial charge in [0.1, 0.15) is 5.60 Å². The Balaban J connectivity index is 2.30. The second-order valence-corrected chi connectivity index (χ2v) is 6.12. The lowest BCUT2D eigenvalue weighted by atomic mass is 9.83. The number of benzene rings is 1. The maximum Gasteiger partial charge on any atom is 0.163 e. The summed E-state index contributed by atoms with van der Waals surface area (Å²) in [6.07, 6.45) is 3.40. The van der Waals surface area contributed by atoms with Gasteiger partial charge in [0.25, 0.3) is 0 Å². The molecule has 1 atom stereocenters. The molecule has 1 aromatic carbocycles. The predicted molar refractivity (Wildman–Crippen MR) is 72.3 cm³/mol. The van der Waals surface area contributed by atoms with Crippen LogP contribution in [0.15, 0.2) is 36.6 Å². The Morgan fingerprint density at radius 3 is 2.28 bits per heavy atom. The van der Waals surface area contributed by atoms with Crippen molar-refractivity contribution in [1.82, 2.24) is 0 Å². The van der Waals surface area contributed by atoms with E-state index in [0.29, 0.717) is 6.42 Å². The van der Waals surface area contributed by atoms with E-state index in [0.717, 1.165) is 5.56 Å². The third-order valence-corrected chi connectivity index (χ3v) is 3.46. The number of hydrogen-bond donors (Lipinski definition) is 0. The van der Waals surface area contributed by atoms with Crippen molar-refractivity contribution in [1.29, 1.82) is 0 Å². The molecule has 1 unspecified atom stereocenters. The zero-order valence-electron chi connectivity index (χ0n) is 11.5. The summed E-state index contributed by atoms with van der Waals surface area (Å²) in [6.45, 7) is 8.52. The first-order chi connectivity index (χ1) is 8.31. The first-order valence-electron chi connectivity index (χ1n) is 6.29. The van der Waals surface area contributed by atoms with Gasteiger partial charge < -0.3 is 4.74 Å². The van der Waals surface area contributed by atoms with Crippen LogP contribution in [-0.4, -0.2) is 5.78 Å². The summed E-state index contributed by atoms with van der Waals surface area (Å²) in [5, 5.41) is 0. The van der Waals surface area contributed by atoms with E-state index in [4.69, 9.17) is 4.74 Å². The molecule has 0 radical (unpaired) electrons. The Kier molecular flexibility index (Phi) is 3.05. The van der Waals surface area contributed by atoms with Gasteiger partial charge >= 0.3 is 0 Å². The number of allylic oxidation sites excluding steroid dienone is 1. The van der Waals surface area contributed by atoms with Crippen LogP contribution >= 0.6 is 0 Å². The van der Waals surface area contributed by atoms with E-state index in [-0.39, 0.29) is 11.2 Å². The summed E-state index contributed by atoms with van der Waals surface area (Å²) in [6, 6.07) is 8.36. The maximum atomic E-state index is 11.5. The highest BCUT2D eigenvalue weighted by Crippen LogP contribution is 2.33. The molecular formula is C16H20O2. The van der Waals surface area contributed by atoms with Crippen molar-refractivity contribution >= 4 is 5.78 Å². The molecule has 1 aromatic rings. The van der Waals surface area contributed by atoms with Crippen LogP contribution < -0.4 is 0 Å². The van der Waals surface area contributed by atoms with E-state index in [1.54, 1.807) is 0 Å². The first kappa shape index (κ1) is 12.9. The van der Waals surface area contributed by atoms with E-state index in [9.17, 15) is 4.79 Å². The quantitative estimate of drug-likeness (QED) is 0.753. The van der Waals surface area contributed by atoms with E-state index in [1.807, 2.05) is 6.92 Å². The summed E-state index contributed by atoms with van der Waals surface area (Å²) in [7, 11) is 0. The van der Waals surface area contributed by atoms with Gasteiger partial charge in [0.05, 0.1) is 12.7 Å². The molecule has 0 saturated heterocycles. The second kappa shape index (κ2) is 4.27. The third-order valence-electron chi connectivity index (χ3n) is 3.46. The van der Waals surface area contributed by atoms with Gasteiger partial charge in [-0.3, -0.25) is 4.79 Å². The summed E-state index contributed by atoms with van der Waals surface area (Å²) >= 11 is 0. The monoisotopic (exact) mass is 244 g/mol. The lowest BCUT2D eigenvalue weighted by Crippen LogP contribution is -2.29. The highest BCUT2D eigenvalue weighted by atomic mass is 16.5. The van der Waals surface area contributed by atoms with Crippen molar-refractivity contribution in [2.24, 2.45) is 0 Å². The van der Waals surface area contributed by atoms with Gasteiger partial charge in [-0.2, -0.15) is 0 Å². The van der Waals surface area contributed by atoms with E-state index in [2.05, 4.69) is 45.0 Å². The van der Waals surface area contributed by atoms with Gasteiger partial charge in [-0.25, -0.2) is 0 Å². The third kappa shape index (κ3) is 2.47. The van der Waals surface area contributed by atoms with Gasteiger partial charge in [0.2, 0.25) is 0 Å². The normalized spacial score (nSPS) is 23.9. The van der Waals surface area contributed by atoms with Crippen LogP contribution in [0.2, 0.25) is 0 Å². The molecule has 2 rings (SSSR count). The summed E-state index contributed by atoms with van der Waals surface area (Å²) < 4.78 is 5.65. The molecule has 0 spiro atoms. The summed E-state index contributed by atoms with van der Waals surface area (Å²) in [4.78, 5) is 11.5. The Labute approximate surface area is 109 Å². The fourth-order valence-electron chi connectivity index (χ4n) is 2.19. The number of carbonyl (C=O) groups excluding carboxylic acids is 1. The zero-order chi connectivity index (χ0) is 13.4. The molecule has 0 amide bonds. The number of ether oxygens (including phenoxy) is 1. The lowest BCUT2D eigenvalue weighted by Gasteiger charge is -2.31. The van der Waals surface area contributed by atoms with Gasteiger partial charge in [0.15, 0.2) is 5.78 Å². The molecule has 0 saturated carbocycles. The minimum atomic E-state index is -0.526. The average Bonchev–Trinajstić information content (AvgIpc) is 2.28. The fraction of sp³-hybridized carbons (Fsp3) is 0.438. The van der Waals surface area contributed by atoms with Gasteiger partial charge in [0, 0.05) is 6.08 Å². The lowest BCUT2D eigenvalue weighted by molar-refractivity contribution is -0.122. The van der Waals surface area contributed by atoms with Crippen molar-refractivity contribution in [2.45, 2.75) is 45.1 Å². The summed E-state index contributed by atoms with van der Waals surface area (Å²) in [5.74, 6) is 0.114. The molecule has 0 fully saturated rings. The van der Waals surface area contributed by atoms with Gasteiger partial charge in [-0.15, -0.1) is 0 Å². The molecule has 0 aromatic heterocycles. The van der Waals surface area contributed by atoms with Crippen LogP contribution in [0.5, 0.6) is 0 Å². The Bertz CT molecular complexity index is 477. The topological polar surface area (TPSA) is 26.3 Å². The van der Waals surface area contributed by atoms with Crippen LogP contribution in [-0.2, 0) is 20.5 Å². The van der Waals surface area contributed by atoms with Crippen molar-refractivity contribution in [3.63, 3.8) is 0 Å². The molecule has 18 heavy (non-hydrogen) atoms. The number of ketones is 1. The van der Waals surface area contributed by atoms with Crippen molar-refractivity contribution in [3.8, 4) is 0 Å². The smallest absolute Gasteiger partial charge is 0.163 e. The summed E-state index contributed by atoms with van der Waals surface area (Å²) in [5.41, 5.74) is 1.95. The van der Waals surface area contributed by atoms with Crippen LogP contribution in [0.25, 0.3) is 0 Å². The molecule has 1 aliphatic rings. The standard InChI is InChI=1S/C16H20O2/c1-15(2,3)12-5-7-13(8-6-12)16(4)11-14(17)9-10-18-16/h5-10H,11H2,1-4H3. The molecule has 2 nitrogen and oxygen atoms in total. The number of rotatable bonds is 1. The molecule has 96 valence electrons. The van der Waals surface area contributed by atoms with Crippen LogP contribution in [0.1, 0.15) is 45.2 Å². The Morgan fingerprint density at radius 1 is 1.17 bits per heavy atom. The second-order valence-electron chi connectivity index (χ2n) is 6.12. The van der Waals surface area contributed by atoms with Crippen molar-refractivity contribution < 1.29 is 9.53 Å². The minimum absolute atomic E-state index is 0.114. The maximum absolute atomic E-state index is 11.5. The number of hydrogen-bond acceptors (Lipinski definition) is 2. The largest absolute Gasteiger partial charge is 0.490 e. The molecule has 1 heterocycles.